The Morgan fingerprint density at radius 1 is 1.48 bits per heavy atom. The number of hydrogen-bond acceptors (Lipinski definition) is 5. The van der Waals surface area contributed by atoms with E-state index in [2.05, 4.69) is 29.2 Å². The van der Waals surface area contributed by atoms with Gasteiger partial charge in [0.05, 0.1) is 18.4 Å². The van der Waals surface area contributed by atoms with Crippen molar-refractivity contribution in [1.29, 1.82) is 0 Å². The molecule has 112 valence electrons. The lowest BCUT2D eigenvalue weighted by Crippen LogP contribution is -2.20. The molecular weight excluding hydrogens is 268 g/mol. The van der Waals surface area contributed by atoms with Crippen molar-refractivity contribution in [3.63, 3.8) is 0 Å². The molecule has 1 atom stereocenters. The van der Waals surface area contributed by atoms with E-state index in [9.17, 15) is 4.79 Å². The molecule has 0 radical (unpaired) electrons. The maximum Gasteiger partial charge on any atom is 0.341 e. The third-order valence-corrected chi connectivity index (χ3v) is 3.10. The number of nitrogens with one attached hydrogen (secondary N) is 1. The van der Waals surface area contributed by atoms with Gasteiger partial charge in [0.15, 0.2) is 5.82 Å². The van der Waals surface area contributed by atoms with Crippen LogP contribution in [0.15, 0.2) is 30.7 Å². The minimum Gasteiger partial charge on any atom is -0.462 e. The van der Waals surface area contributed by atoms with Crippen LogP contribution in [0.3, 0.4) is 0 Å². The Balaban J connectivity index is 2.32. The minimum absolute atomic E-state index is 0.147. The number of hydrogen-bond donors (Lipinski definition) is 1. The minimum atomic E-state index is -0.374. The van der Waals surface area contributed by atoms with Gasteiger partial charge in [0.2, 0.25) is 0 Å². The second-order valence-electron chi connectivity index (χ2n) is 4.59. The SMILES string of the molecule is CCNC(C)c1cccnc1-n1cc(C(=O)OCC)cn1. The van der Waals surface area contributed by atoms with Crippen molar-refractivity contribution in [3.8, 4) is 5.82 Å². The van der Waals surface area contributed by atoms with Crippen molar-refractivity contribution in [1.82, 2.24) is 20.1 Å². The van der Waals surface area contributed by atoms with E-state index in [0.717, 1.165) is 12.1 Å². The molecule has 21 heavy (non-hydrogen) atoms. The molecule has 2 rings (SSSR count). The molecule has 6 nitrogen and oxygen atoms in total. The third-order valence-electron chi connectivity index (χ3n) is 3.10. The Morgan fingerprint density at radius 2 is 2.29 bits per heavy atom. The van der Waals surface area contributed by atoms with Gasteiger partial charge in [0.25, 0.3) is 0 Å². The Bertz CT molecular complexity index is 609. The zero-order valence-corrected chi connectivity index (χ0v) is 12.5. The van der Waals surface area contributed by atoms with Crippen molar-refractivity contribution < 1.29 is 9.53 Å². The van der Waals surface area contributed by atoms with E-state index in [1.54, 1.807) is 24.0 Å². The van der Waals surface area contributed by atoms with Crippen LogP contribution in [-0.2, 0) is 4.74 Å². The molecule has 0 saturated carbocycles. The van der Waals surface area contributed by atoms with E-state index < -0.39 is 0 Å². The van der Waals surface area contributed by atoms with E-state index in [4.69, 9.17) is 4.74 Å². The van der Waals surface area contributed by atoms with Crippen LogP contribution in [0, 0.1) is 0 Å². The zero-order chi connectivity index (χ0) is 15.2. The van der Waals surface area contributed by atoms with Crippen LogP contribution in [0.25, 0.3) is 5.82 Å². The van der Waals surface area contributed by atoms with Gasteiger partial charge >= 0.3 is 5.97 Å². The second kappa shape index (κ2) is 6.99. The Kier molecular flexibility index (Phi) is 5.05. The molecule has 0 aliphatic heterocycles. The van der Waals surface area contributed by atoms with E-state index in [1.807, 2.05) is 12.1 Å². The van der Waals surface area contributed by atoms with E-state index in [-0.39, 0.29) is 12.0 Å². The summed E-state index contributed by atoms with van der Waals surface area (Å²) in [5.74, 6) is 0.336. The summed E-state index contributed by atoms with van der Waals surface area (Å²) in [6.45, 7) is 7.11. The maximum absolute atomic E-state index is 11.7. The van der Waals surface area contributed by atoms with Crippen LogP contribution < -0.4 is 5.32 Å². The molecule has 2 aromatic rings. The quantitative estimate of drug-likeness (QED) is 0.824. The lowest BCUT2D eigenvalue weighted by atomic mass is 10.1. The average molecular weight is 288 g/mol. The first kappa shape index (κ1) is 15.2. The fraction of sp³-hybridized carbons (Fsp3) is 0.400. The number of esters is 1. The summed E-state index contributed by atoms with van der Waals surface area (Å²) >= 11 is 0. The predicted octanol–water partition coefficient (Wildman–Crippen LogP) is 2.11. The van der Waals surface area contributed by atoms with Crippen molar-refractivity contribution in [2.24, 2.45) is 0 Å². The number of pyridine rings is 1. The predicted molar refractivity (Wildman–Crippen MR) is 79.4 cm³/mol. The van der Waals surface area contributed by atoms with E-state index >= 15 is 0 Å². The van der Waals surface area contributed by atoms with Crippen LogP contribution in [0.5, 0.6) is 0 Å². The highest BCUT2D eigenvalue weighted by Gasteiger charge is 2.15. The van der Waals surface area contributed by atoms with Crippen LogP contribution in [-0.4, -0.2) is 33.9 Å². The lowest BCUT2D eigenvalue weighted by Gasteiger charge is -2.15. The van der Waals surface area contributed by atoms with Gasteiger partial charge in [-0.1, -0.05) is 13.0 Å². The first-order chi connectivity index (χ1) is 10.2. The van der Waals surface area contributed by atoms with Crippen LogP contribution in [0.4, 0.5) is 0 Å². The molecule has 1 N–H and O–H groups in total. The van der Waals surface area contributed by atoms with Gasteiger partial charge in [-0.05, 0) is 26.5 Å². The van der Waals surface area contributed by atoms with Gasteiger partial charge < -0.3 is 10.1 Å². The molecule has 2 heterocycles. The van der Waals surface area contributed by atoms with Crippen LogP contribution in [0.1, 0.15) is 42.7 Å². The molecule has 6 heteroatoms. The van der Waals surface area contributed by atoms with Gasteiger partial charge in [-0.15, -0.1) is 0 Å². The fourth-order valence-electron chi connectivity index (χ4n) is 2.11. The zero-order valence-electron chi connectivity index (χ0n) is 12.5. The summed E-state index contributed by atoms with van der Waals surface area (Å²) in [6, 6.07) is 4.04. The Hall–Kier alpha value is -2.21. The largest absolute Gasteiger partial charge is 0.462 e. The molecule has 0 spiro atoms. The average Bonchev–Trinajstić information content (AvgIpc) is 2.97. The van der Waals surface area contributed by atoms with Crippen molar-refractivity contribution in [3.05, 3.63) is 41.9 Å². The first-order valence-electron chi connectivity index (χ1n) is 7.07. The molecule has 0 aliphatic carbocycles. The molecule has 0 amide bonds. The van der Waals surface area contributed by atoms with E-state index in [0.29, 0.717) is 18.0 Å². The number of aromatic nitrogens is 3. The summed E-state index contributed by atoms with van der Waals surface area (Å²) in [5, 5.41) is 7.57. The Labute approximate surface area is 124 Å². The van der Waals surface area contributed by atoms with Crippen LogP contribution in [0.2, 0.25) is 0 Å². The number of carbonyl (C=O) groups excluding carboxylic acids is 1. The highest BCUT2D eigenvalue weighted by molar-refractivity contribution is 5.88. The summed E-state index contributed by atoms with van der Waals surface area (Å²) in [6.07, 6.45) is 4.85. The molecule has 0 aromatic carbocycles. The van der Waals surface area contributed by atoms with E-state index in [1.165, 1.54) is 6.20 Å². The molecule has 2 aromatic heterocycles. The van der Waals surface area contributed by atoms with Crippen molar-refractivity contribution in [2.45, 2.75) is 26.8 Å². The highest BCUT2D eigenvalue weighted by Crippen LogP contribution is 2.19. The maximum atomic E-state index is 11.7. The Morgan fingerprint density at radius 3 is 3.00 bits per heavy atom. The molecular formula is C15H20N4O2. The highest BCUT2D eigenvalue weighted by atomic mass is 16.5. The molecule has 0 aliphatic rings. The lowest BCUT2D eigenvalue weighted by molar-refractivity contribution is 0.0526. The summed E-state index contributed by atoms with van der Waals surface area (Å²) in [7, 11) is 0. The van der Waals surface area contributed by atoms with Gasteiger partial charge in [-0.3, -0.25) is 0 Å². The van der Waals surface area contributed by atoms with Gasteiger partial charge in [0, 0.05) is 24.0 Å². The molecule has 0 fully saturated rings. The summed E-state index contributed by atoms with van der Waals surface area (Å²) in [5.41, 5.74) is 1.45. The number of ether oxygens (including phenoxy) is 1. The molecule has 1 unspecified atom stereocenters. The number of carbonyl (C=O) groups is 1. The van der Waals surface area contributed by atoms with Gasteiger partial charge in [-0.2, -0.15) is 5.10 Å². The van der Waals surface area contributed by atoms with Gasteiger partial charge in [0.1, 0.15) is 0 Å². The monoisotopic (exact) mass is 288 g/mol. The van der Waals surface area contributed by atoms with Gasteiger partial charge in [-0.25, -0.2) is 14.5 Å². The molecule has 0 bridgehead atoms. The fourth-order valence-corrected chi connectivity index (χ4v) is 2.11. The molecule has 0 saturated heterocycles. The summed E-state index contributed by atoms with van der Waals surface area (Å²) < 4.78 is 6.57. The van der Waals surface area contributed by atoms with Crippen LogP contribution >= 0.6 is 0 Å². The van der Waals surface area contributed by atoms with Crippen molar-refractivity contribution >= 4 is 5.97 Å². The standard InChI is InChI=1S/C15H20N4O2/c1-4-16-11(3)13-7-6-8-17-14(13)19-10-12(9-18-19)15(20)21-5-2/h6-11,16H,4-5H2,1-3H3. The van der Waals surface area contributed by atoms with Crippen molar-refractivity contribution in [2.75, 3.05) is 13.2 Å². The first-order valence-corrected chi connectivity index (χ1v) is 7.07. The second-order valence-corrected chi connectivity index (χ2v) is 4.59. The third kappa shape index (κ3) is 3.46. The summed E-state index contributed by atoms with van der Waals surface area (Å²) in [4.78, 5) is 16.1. The smallest absolute Gasteiger partial charge is 0.341 e. The number of nitrogens with zero attached hydrogens (tertiary/aromatic N) is 3. The normalized spacial score (nSPS) is 12.1. The number of rotatable bonds is 6. The topological polar surface area (TPSA) is 69.0 Å².